The molecular weight excluding hydrogens is 348 g/mol. The first kappa shape index (κ1) is 18.3. The third kappa shape index (κ3) is 4.07. The molecule has 1 aliphatic rings. The zero-order valence-corrected chi connectivity index (χ0v) is 14.2. The van der Waals surface area contributed by atoms with Crippen molar-refractivity contribution < 1.29 is 25.6 Å². The standard InChI is InChI=1S/C14H19F2NO4S2/c1-10-4-2-3-5-13(10)17-23(20,21)12-8-6-11(7-9-12)22(18,19)14(15)16/h6-10,13-14,17H,2-5H2,1H3/t10-,13-/m1/s1. The Labute approximate surface area is 135 Å². The first-order valence-electron chi connectivity index (χ1n) is 7.29. The fourth-order valence-corrected chi connectivity index (χ4v) is 4.77. The number of halogens is 2. The van der Waals surface area contributed by atoms with Gasteiger partial charge in [-0.3, -0.25) is 0 Å². The van der Waals surface area contributed by atoms with Crippen LogP contribution in [-0.4, -0.2) is 28.6 Å². The molecule has 0 radical (unpaired) electrons. The SMILES string of the molecule is C[C@@H]1CCCC[C@H]1NS(=O)(=O)c1ccc(S(=O)(=O)C(F)F)cc1. The smallest absolute Gasteiger partial charge is 0.218 e. The molecule has 1 aromatic carbocycles. The van der Waals surface area contributed by atoms with Crippen molar-refractivity contribution in [3.8, 4) is 0 Å². The number of hydrogen-bond acceptors (Lipinski definition) is 4. The Kier molecular flexibility index (Phi) is 5.42. The van der Waals surface area contributed by atoms with Crippen LogP contribution in [0.1, 0.15) is 32.6 Å². The van der Waals surface area contributed by atoms with E-state index in [2.05, 4.69) is 4.72 Å². The summed E-state index contributed by atoms with van der Waals surface area (Å²) < 4.78 is 74.9. The third-order valence-electron chi connectivity index (χ3n) is 4.12. The fraction of sp³-hybridized carbons (Fsp3) is 0.571. The highest BCUT2D eigenvalue weighted by molar-refractivity contribution is 7.91. The predicted octanol–water partition coefficient (Wildman–Crippen LogP) is 2.54. The van der Waals surface area contributed by atoms with Crippen LogP contribution in [0, 0.1) is 5.92 Å². The molecule has 0 saturated heterocycles. The minimum Gasteiger partial charge on any atom is -0.218 e. The highest BCUT2D eigenvalue weighted by atomic mass is 32.2. The normalized spacial score (nSPS) is 23.1. The summed E-state index contributed by atoms with van der Waals surface area (Å²) in [5.41, 5.74) is 0. The summed E-state index contributed by atoms with van der Waals surface area (Å²) in [4.78, 5) is -0.735. The van der Waals surface area contributed by atoms with Crippen LogP contribution in [0.15, 0.2) is 34.1 Å². The Morgan fingerprint density at radius 1 is 1.00 bits per heavy atom. The second-order valence-corrected chi connectivity index (χ2v) is 9.40. The van der Waals surface area contributed by atoms with Gasteiger partial charge in [-0.25, -0.2) is 21.6 Å². The van der Waals surface area contributed by atoms with Crippen LogP contribution >= 0.6 is 0 Å². The number of nitrogens with one attached hydrogen (secondary N) is 1. The first-order valence-corrected chi connectivity index (χ1v) is 10.3. The van der Waals surface area contributed by atoms with Crippen LogP contribution in [-0.2, 0) is 19.9 Å². The van der Waals surface area contributed by atoms with E-state index in [4.69, 9.17) is 0 Å². The molecule has 2 atom stereocenters. The highest BCUT2D eigenvalue weighted by Crippen LogP contribution is 2.26. The van der Waals surface area contributed by atoms with Crippen molar-refractivity contribution in [2.75, 3.05) is 0 Å². The quantitative estimate of drug-likeness (QED) is 0.867. The Bertz CT molecular complexity index is 745. The summed E-state index contributed by atoms with van der Waals surface area (Å²) in [7, 11) is -8.53. The summed E-state index contributed by atoms with van der Waals surface area (Å²) in [6.45, 7) is 1.98. The van der Waals surface area contributed by atoms with Gasteiger partial charge >= 0.3 is 5.76 Å². The number of sulfonamides is 1. The van der Waals surface area contributed by atoms with Crippen LogP contribution < -0.4 is 4.72 Å². The summed E-state index contributed by atoms with van der Waals surface area (Å²) in [6, 6.07) is 3.68. The minimum absolute atomic E-state index is 0.136. The van der Waals surface area contributed by atoms with Gasteiger partial charge in [-0.15, -0.1) is 0 Å². The van der Waals surface area contributed by atoms with Crippen LogP contribution in [0.5, 0.6) is 0 Å². The molecule has 0 spiro atoms. The maximum absolute atomic E-state index is 12.5. The van der Waals surface area contributed by atoms with Crippen molar-refractivity contribution in [2.24, 2.45) is 5.92 Å². The maximum Gasteiger partial charge on any atom is 0.341 e. The zero-order valence-electron chi connectivity index (χ0n) is 12.6. The van der Waals surface area contributed by atoms with Crippen molar-refractivity contribution in [1.82, 2.24) is 4.72 Å². The summed E-state index contributed by atoms with van der Waals surface area (Å²) in [5.74, 6) is -3.32. The summed E-state index contributed by atoms with van der Waals surface area (Å²) in [6.07, 6.45) is 3.71. The molecule has 5 nitrogen and oxygen atoms in total. The van der Waals surface area contributed by atoms with Crippen molar-refractivity contribution in [3.63, 3.8) is 0 Å². The van der Waals surface area contributed by atoms with Crippen molar-refractivity contribution >= 4 is 19.9 Å². The number of rotatable bonds is 5. The van der Waals surface area contributed by atoms with Crippen LogP contribution in [0.2, 0.25) is 0 Å². The molecule has 1 aliphatic carbocycles. The lowest BCUT2D eigenvalue weighted by Crippen LogP contribution is -2.40. The van der Waals surface area contributed by atoms with Crippen molar-refractivity contribution in [1.29, 1.82) is 0 Å². The minimum atomic E-state index is -4.72. The van der Waals surface area contributed by atoms with E-state index in [9.17, 15) is 25.6 Å². The molecule has 0 amide bonds. The van der Waals surface area contributed by atoms with Gasteiger partial charge in [-0.2, -0.15) is 8.78 Å². The molecule has 1 saturated carbocycles. The van der Waals surface area contributed by atoms with E-state index in [0.29, 0.717) is 0 Å². The molecule has 1 N–H and O–H groups in total. The number of sulfone groups is 1. The molecule has 23 heavy (non-hydrogen) atoms. The average Bonchev–Trinajstić information content (AvgIpc) is 2.49. The molecule has 0 aliphatic heterocycles. The molecule has 0 heterocycles. The van der Waals surface area contributed by atoms with Gasteiger partial charge in [0.1, 0.15) is 0 Å². The van der Waals surface area contributed by atoms with Gasteiger partial charge in [0.25, 0.3) is 0 Å². The van der Waals surface area contributed by atoms with Crippen LogP contribution in [0.25, 0.3) is 0 Å². The van der Waals surface area contributed by atoms with E-state index < -0.39 is 30.5 Å². The van der Waals surface area contributed by atoms with Gasteiger partial charge in [0, 0.05) is 6.04 Å². The van der Waals surface area contributed by atoms with Gasteiger partial charge in [0.2, 0.25) is 19.9 Å². The largest absolute Gasteiger partial charge is 0.341 e. The Balaban J connectivity index is 2.21. The fourth-order valence-electron chi connectivity index (χ4n) is 2.67. The maximum atomic E-state index is 12.5. The second-order valence-electron chi connectivity index (χ2n) is 5.77. The molecule has 130 valence electrons. The summed E-state index contributed by atoms with van der Waals surface area (Å²) in [5, 5.41) is 0. The van der Waals surface area contributed by atoms with Gasteiger partial charge in [0.05, 0.1) is 9.79 Å². The molecule has 0 unspecified atom stereocenters. The molecule has 0 bridgehead atoms. The topological polar surface area (TPSA) is 80.3 Å². The van der Waals surface area contributed by atoms with Crippen LogP contribution in [0.4, 0.5) is 8.78 Å². The zero-order chi connectivity index (χ0) is 17.3. The van der Waals surface area contributed by atoms with Crippen molar-refractivity contribution in [3.05, 3.63) is 24.3 Å². The summed E-state index contributed by atoms with van der Waals surface area (Å²) >= 11 is 0. The lowest BCUT2D eigenvalue weighted by atomic mass is 9.87. The Morgan fingerprint density at radius 2 is 1.52 bits per heavy atom. The van der Waals surface area contributed by atoms with Crippen LogP contribution in [0.3, 0.4) is 0 Å². The third-order valence-corrected chi connectivity index (χ3v) is 7.02. The van der Waals surface area contributed by atoms with E-state index in [1.54, 1.807) is 0 Å². The Hall–Kier alpha value is -1.06. The van der Waals surface area contributed by atoms with E-state index >= 15 is 0 Å². The second kappa shape index (κ2) is 6.82. The molecule has 1 fully saturated rings. The average molecular weight is 367 g/mol. The van der Waals surface area contributed by atoms with E-state index in [0.717, 1.165) is 49.9 Å². The molecule has 2 rings (SSSR count). The molecule has 9 heteroatoms. The number of alkyl halides is 2. The number of benzene rings is 1. The van der Waals surface area contributed by atoms with E-state index in [-0.39, 0.29) is 16.9 Å². The lowest BCUT2D eigenvalue weighted by molar-refractivity contribution is 0.234. The molecule has 0 aromatic heterocycles. The first-order chi connectivity index (χ1) is 10.6. The monoisotopic (exact) mass is 367 g/mol. The highest BCUT2D eigenvalue weighted by Gasteiger charge is 2.29. The predicted molar refractivity (Wildman–Crippen MR) is 81.4 cm³/mol. The lowest BCUT2D eigenvalue weighted by Gasteiger charge is -2.29. The molecular formula is C14H19F2NO4S2. The number of hydrogen-bond donors (Lipinski definition) is 1. The van der Waals surface area contributed by atoms with Gasteiger partial charge < -0.3 is 0 Å². The van der Waals surface area contributed by atoms with E-state index in [1.165, 1.54) is 0 Å². The van der Waals surface area contributed by atoms with E-state index in [1.807, 2.05) is 6.92 Å². The van der Waals surface area contributed by atoms with Crippen molar-refractivity contribution in [2.45, 2.75) is 54.2 Å². The molecule has 1 aromatic rings. The van der Waals surface area contributed by atoms with Gasteiger partial charge in [-0.1, -0.05) is 19.8 Å². The van der Waals surface area contributed by atoms with Gasteiger partial charge in [-0.05, 0) is 43.0 Å². The van der Waals surface area contributed by atoms with Gasteiger partial charge in [0.15, 0.2) is 0 Å². The Morgan fingerprint density at radius 3 is 2.04 bits per heavy atom.